The van der Waals surface area contributed by atoms with Crippen molar-refractivity contribution in [2.24, 2.45) is 0 Å². The maximum absolute atomic E-state index is 2.46. The molecule has 0 radical (unpaired) electrons. The van der Waals surface area contributed by atoms with Crippen molar-refractivity contribution in [1.29, 1.82) is 0 Å². The van der Waals surface area contributed by atoms with E-state index in [2.05, 4.69) is 631 Å². The van der Waals surface area contributed by atoms with Crippen LogP contribution in [0, 0.1) is 0 Å². The van der Waals surface area contributed by atoms with Gasteiger partial charge in [0, 0.05) is 152 Å². The number of nitrogens with zero attached hydrogens (tertiary/aromatic N) is 9. The maximum Gasteiger partial charge on any atom is 0.0635 e. The molecule has 0 atom stereocenters. The van der Waals surface area contributed by atoms with Crippen molar-refractivity contribution >= 4 is 171 Å². The molecule has 0 bridgehead atoms. The predicted molar refractivity (Wildman–Crippen MR) is 628 cm³/mol. The molecule has 9 nitrogen and oxygen atoms in total. The van der Waals surface area contributed by atoms with E-state index in [1.54, 1.807) is 0 Å². The van der Waals surface area contributed by atoms with E-state index in [-0.39, 0.29) is 0 Å². The standard InChI is InChI=1S/C52H35N3.2C44H31N3/c1-2-11-36(12-3-1)39-21-25-42(26-22-39)53-32-31-49-50(53)30-29-48-47-19-8-9-20-51(47)55(52(48)49)44-18-10-17-43(35-44)54(45-27-23-37-13-4-6-15-40(37)33-45)46-28-24-38-14-5-7-16-41(38)34-46;1-4-13-32(14-5-1)33-23-25-34(26-24-33)45-30-29-41-42(45)28-27-40-39-21-10-11-22-43(39)47(44(40)41)38-20-12-19-37(31-38)46(35-15-6-2-7-16-35)36-17-8-3-9-18-36;1-4-12-32(13-5-1)33-20-22-34(23-21-33)45-31-30-41-42(45)29-28-40-39-18-10-11-19-43(39)47(44(40)41)38-26-24-37(25-27-38)46(35-14-6-2-7-15-35)36-16-8-3-9-17-36/h1-35H;2*1-31H. The number of para-hydroxylation sites is 7. The van der Waals surface area contributed by atoms with Gasteiger partial charge >= 0.3 is 0 Å². The largest absolute Gasteiger partial charge is 0.316 e. The first-order valence-corrected chi connectivity index (χ1v) is 50.9. The molecule has 0 saturated heterocycles. The van der Waals surface area contributed by atoms with Crippen molar-refractivity contribution in [2.45, 2.75) is 0 Å². The second-order valence-electron chi connectivity index (χ2n) is 38.0. The summed E-state index contributed by atoms with van der Waals surface area (Å²) in [6.45, 7) is 0. The molecule has 0 fully saturated rings. The number of aromatic nitrogens is 6. The highest BCUT2D eigenvalue weighted by atomic mass is 15.2. The lowest BCUT2D eigenvalue weighted by atomic mass is 10.1. The van der Waals surface area contributed by atoms with Gasteiger partial charge in [0.1, 0.15) is 0 Å². The Hall–Kier alpha value is -20.0. The Morgan fingerprint density at radius 3 is 0.698 bits per heavy atom. The normalized spacial score (nSPS) is 11.5. The summed E-state index contributed by atoms with van der Waals surface area (Å²) in [5.41, 5.74) is 34.9. The molecule has 9 heteroatoms. The van der Waals surface area contributed by atoms with Gasteiger partial charge in [0.2, 0.25) is 0 Å². The van der Waals surface area contributed by atoms with E-state index >= 15 is 0 Å². The van der Waals surface area contributed by atoms with Crippen LogP contribution in [0.25, 0.3) is 187 Å². The average molecular weight is 1910 g/mol. The summed E-state index contributed by atoms with van der Waals surface area (Å²) in [5.74, 6) is 0. The third-order valence-electron chi connectivity index (χ3n) is 29.4. The van der Waals surface area contributed by atoms with Gasteiger partial charge in [-0.1, -0.05) is 346 Å². The smallest absolute Gasteiger partial charge is 0.0635 e. The predicted octanol–water partition coefficient (Wildman–Crippen LogP) is 37.9. The molecule has 6 aromatic heterocycles. The molecular weight excluding hydrogens is 1810 g/mol. The number of fused-ring (bicyclic) bond motifs is 17. The summed E-state index contributed by atoms with van der Waals surface area (Å²) in [7, 11) is 0. The minimum Gasteiger partial charge on any atom is -0.316 e. The highest BCUT2D eigenvalue weighted by molar-refractivity contribution is 6.22. The third-order valence-corrected chi connectivity index (χ3v) is 29.4. The van der Waals surface area contributed by atoms with Crippen LogP contribution in [-0.4, -0.2) is 27.4 Å². The molecule has 0 aliphatic heterocycles. The summed E-state index contributed by atoms with van der Waals surface area (Å²) in [6, 6.07) is 205. The third kappa shape index (κ3) is 16.1. The summed E-state index contributed by atoms with van der Waals surface area (Å²) in [5, 5.41) is 16.0. The Morgan fingerprint density at radius 2 is 0.362 bits per heavy atom. The van der Waals surface area contributed by atoms with Gasteiger partial charge < -0.3 is 42.1 Å². The lowest BCUT2D eigenvalue weighted by Gasteiger charge is -2.27. The van der Waals surface area contributed by atoms with E-state index in [0.717, 1.165) is 85.3 Å². The van der Waals surface area contributed by atoms with E-state index in [1.807, 2.05) is 0 Å². The van der Waals surface area contributed by atoms with Crippen LogP contribution in [-0.2, 0) is 0 Å². The van der Waals surface area contributed by atoms with E-state index in [4.69, 9.17) is 0 Å². The first kappa shape index (κ1) is 88.0. The molecule has 0 unspecified atom stereocenters. The van der Waals surface area contributed by atoms with Gasteiger partial charge in [-0.2, -0.15) is 0 Å². The van der Waals surface area contributed by atoms with Gasteiger partial charge in [-0.25, -0.2) is 0 Å². The van der Waals surface area contributed by atoms with Crippen LogP contribution >= 0.6 is 0 Å². The van der Waals surface area contributed by atoms with Crippen LogP contribution in [0.15, 0.2) is 589 Å². The van der Waals surface area contributed by atoms with Crippen molar-refractivity contribution in [3.05, 3.63) is 589 Å². The fourth-order valence-corrected chi connectivity index (χ4v) is 22.4. The lowest BCUT2D eigenvalue weighted by molar-refractivity contribution is 1.13. The van der Waals surface area contributed by atoms with Crippen LogP contribution in [0.3, 0.4) is 0 Å². The summed E-state index contributed by atoms with van der Waals surface area (Å²) in [6.07, 6.45) is 6.61. The molecule has 0 aliphatic rings. The van der Waals surface area contributed by atoms with Crippen LogP contribution in [0.5, 0.6) is 0 Å². The maximum atomic E-state index is 2.46. The van der Waals surface area contributed by atoms with Gasteiger partial charge in [0.15, 0.2) is 0 Å². The number of anilines is 9. The van der Waals surface area contributed by atoms with Crippen molar-refractivity contribution in [1.82, 2.24) is 27.4 Å². The van der Waals surface area contributed by atoms with Gasteiger partial charge in [0.05, 0.1) is 49.7 Å². The Bertz CT molecular complexity index is 9830. The zero-order valence-corrected chi connectivity index (χ0v) is 81.5. The van der Waals surface area contributed by atoms with E-state index in [9.17, 15) is 0 Å². The number of hydrogen-bond donors (Lipinski definition) is 0. The van der Waals surface area contributed by atoms with Crippen LogP contribution < -0.4 is 14.7 Å². The molecule has 29 rings (SSSR count). The Labute approximate surface area is 863 Å². The van der Waals surface area contributed by atoms with Gasteiger partial charge in [-0.05, 0) is 279 Å². The quantitative estimate of drug-likeness (QED) is 0.0859. The van der Waals surface area contributed by atoms with Crippen molar-refractivity contribution in [2.75, 3.05) is 14.7 Å². The highest BCUT2D eigenvalue weighted by Crippen LogP contribution is 2.48. The molecule has 0 saturated carbocycles. The Morgan fingerprint density at radius 1 is 0.121 bits per heavy atom. The van der Waals surface area contributed by atoms with Crippen molar-refractivity contribution in [3.8, 4) is 67.5 Å². The molecule has 0 spiro atoms. The molecule has 0 aliphatic carbocycles. The zero-order chi connectivity index (χ0) is 98.6. The SMILES string of the molecule is c1ccc(-c2ccc(-n3ccc4c3ccc3c5ccccc5n(-c5ccc(N(c6ccccc6)c6ccccc6)cc5)c34)cc2)cc1.c1ccc(-c2ccc(-n3ccc4c3ccc3c5ccccc5n(-c5cccc(N(c6ccc7ccccc7c6)c6ccc7ccccc7c6)c5)c34)cc2)cc1.c1ccc(-c2ccc(-n3ccc4c3ccc3c5ccccc5n(-c5cccc(N(c6ccccc6)c6ccccc6)c5)c34)cc2)cc1. The molecular formula is C140H97N9. The Kier molecular flexibility index (Phi) is 22.5. The minimum atomic E-state index is 1.09. The van der Waals surface area contributed by atoms with Gasteiger partial charge in [-0.15, -0.1) is 0 Å². The summed E-state index contributed by atoms with van der Waals surface area (Å²) in [4.78, 5) is 7.01. The zero-order valence-electron chi connectivity index (χ0n) is 81.5. The first-order valence-electron chi connectivity index (χ1n) is 50.9. The van der Waals surface area contributed by atoms with E-state index < -0.39 is 0 Å². The lowest BCUT2D eigenvalue weighted by Crippen LogP contribution is -2.10. The average Bonchev–Trinajstić information content (AvgIpc) is 1.57. The molecule has 6 heterocycles. The van der Waals surface area contributed by atoms with Crippen LogP contribution in [0.4, 0.5) is 51.2 Å². The minimum absolute atomic E-state index is 1.09. The topological polar surface area (TPSA) is 39.3 Å². The van der Waals surface area contributed by atoms with Crippen LogP contribution in [0.2, 0.25) is 0 Å². The first-order chi connectivity index (χ1) is 73.9. The number of benzene rings is 23. The summed E-state index contributed by atoms with van der Waals surface area (Å²) < 4.78 is 14.2. The van der Waals surface area contributed by atoms with E-state index in [1.165, 1.54) is 153 Å². The second kappa shape index (κ2) is 38.0. The number of hydrogen-bond acceptors (Lipinski definition) is 3. The van der Waals surface area contributed by atoms with Gasteiger partial charge in [0.25, 0.3) is 0 Å². The van der Waals surface area contributed by atoms with Crippen molar-refractivity contribution < 1.29 is 0 Å². The fraction of sp³-hybridized carbons (Fsp3) is 0. The fourth-order valence-electron chi connectivity index (χ4n) is 22.4. The molecule has 29 aromatic rings. The number of rotatable bonds is 18. The van der Waals surface area contributed by atoms with Gasteiger partial charge in [-0.3, -0.25) is 0 Å². The molecule has 702 valence electrons. The molecule has 23 aromatic carbocycles. The summed E-state index contributed by atoms with van der Waals surface area (Å²) >= 11 is 0. The van der Waals surface area contributed by atoms with Crippen LogP contribution in [0.1, 0.15) is 0 Å². The van der Waals surface area contributed by atoms with Crippen molar-refractivity contribution in [3.63, 3.8) is 0 Å². The molecule has 149 heavy (non-hydrogen) atoms. The van der Waals surface area contributed by atoms with E-state index in [0.29, 0.717) is 0 Å². The Balaban J connectivity index is 0.000000111. The second-order valence-corrected chi connectivity index (χ2v) is 38.0. The molecule has 0 amide bonds. The monoisotopic (exact) mass is 1900 g/mol. The molecule has 0 N–H and O–H groups in total. The highest BCUT2D eigenvalue weighted by Gasteiger charge is 2.26.